The van der Waals surface area contributed by atoms with Crippen LogP contribution >= 0.6 is 0 Å². The van der Waals surface area contributed by atoms with Crippen molar-refractivity contribution in [3.63, 3.8) is 0 Å². The van der Waals surface area contributed by atoms with Crippen molar-refractivity contribution in [3.05, 3.63) is 35.9 Å². The molecule has 0 heterocycles. The number of carbonyl (C=O) groups is 2. The number of carboxylic acids is 1. The lowest BCUT2D eigenvalue weighted by Crippen LogP contribution is -2.54. The Labute approximate surface area is 120 Å². The highest BCUT2D eigenvalue weighted by atomic mass is 16.6. The van der Waals surface area contributed by atoms with Crippen molar-refractivity contribution in [2.45, 2.75) is 45.2 Å². The van der Waals surface area contributed by atoms with Gasteiger partial charge in [-0.2, -0.15) is 0 Å². The zero-order valence-corrected chi connectivity index (χ0v) is 12.0. The topological polar surface area (TPSA) is 75.6 Å². The van der Waals surface area contributed by atoms with E-state index in [4.69, 9.17) is 6.11 Å². The lowest BCUT2D eigenvalue weighted by Gasteiger charge is -2.28. The molecule has 2 N–H and O–H groups in total. The van der Waals surface area contributed by atoms with Crippen LogP contribution in [0.4, 0.5) is 4.79 Å². The van der Waals surface area contributed by atoms with Crippen LogP contribution in [-0.4, -0.2) is 28.3 Å². The van der Waals surface area contributed by atoms with Crippen molar-refractivity contribution >= 4 is 12.1 Å². The fourth-order valence-corrected chi connectivity index (χ4v) is 1.68. The summed E-state index contributed by atoms with van der Waals surface area (Å²) < 4.78 is 12.3. The van der Waals surface area contributed by atoms with Crippen molar-refractivity contribution in [2.75, 3.05) is 0 Å². The van der Waals surface area contributed by atoms with E-state index in [0.29, 0.717) is 0 Å². The molecule has 1 aromatic carbocycles. The number of carbonyl (C=O) groups excluding carboxylic acids is 1. The first-order valence-electron chi connectivity index (χ1n) is 6.97. The number of rotatable bonds is 4. The van der Waals surface area contributed by atoms with Crippen LogP contribution < -0.4 is 5.32 Å². The normalized spacial score (nSPS) is 14.8. The van der Waals surface area contributed by atoms with Crippen molar-refractivity contribution in [1.82, 2.24) is 5.32 Å². The van der Waals surface area contributed by atoms with E-state index >= 15 is 0 Å². The summed E-state index contributed by atoms with van der Waals surface area (Å²) in [6, 6.07) is 9.03. The summed E-state index contributed by atoms with van der Waals surface area (Å²) in [5.41, 5.74) is -1.64. The molecule has 0 aliphatic rings. The van der Waals surface area contributed by atoms with E-state index in [0.717, 1.165) is 5.56 Å². The molecule has 0 unspecified atom stereocenters. The molecule has 1 amide bonds. The van der Waals surface area contributed by atoms with Gasteiger partial charge in [-0.3, -0.25) is 0 Å². The number of ether oxygens (including phenoxy) is 1. The molecule has 5 heteroatoms. The Morgan fingerprint density at radius 2 is 1.90 bits per heavy atom. The molecule has 0 bridgehead atoms. The Morgan fingerprint density at radius 3 is 2.40 bits per heavy atom. The number of aliphatic carboxylic acids is 1. The molecule has 0 radical (unpaired) electrons. The third-order valence-corrected chi connectivity index (χ3v) is 2.62. The van der Waals surface area contributed by atoms with Gasteiger partial charge in [0.2, 0.25) is 0 Å². The van der Waals surface area contributed by atoms with Gasteiger partial charge < -0.3 is 15.2 Å². The fourth-order valence-electron chi connectivity index (χ4n) is 1.68. The Bertz CT molecular complexity index is 504. The predicted octanol–water partition coefficient (Wildman–Crippen LogP) is 2.60. The number of alkyl carbamates (subject to hydrolysis) is 1. The van der Waals surface area contributed by atoms with Crippen molar-refractivity contribution in [1.29, 1.82) is 0 Å². The van der Waals surface area contributed by atoms with Gasteiger partial charge in [-0.15, -0.1) is 0 Å². The average Bonchev–Trinajstić information content (AvgIpc) is 2.38. The van der Waals surface area contributed by atoms with Crippen LogP contribution in [0.15, 0.2) is 30.3 Å². The minimum atomic E-state index is -1.48. The quantitative estimate of drug-likeness (QED) is 0.889. The molecule has 0 aliphatic carbocycles. The molecular weight excluding hydrogens is 258 g/mol. The summed E-state index contributed by atoms with van der Waals surface area (Å²) in [5.74, 6) is -1.15. The van der Waals surface area contributed by atoms with Gasteiger partial charge in [0, 0.05) is 7.79 Å². The van der Waals surface area contributed by atoms with E-state index in [1.54, 1.807) is 38.1 Å². The van der Waals surface area contributed by atoms with Crippen molar-refractivity contribution in [2.24, 2.45) is 0 Å². The van der Waals surface area contributed by atoms with Gasteiger partial charge in [0.05, 0.1) is 0 Å². The van der Waals surface area contributed by atoms with Crippen LogP contribution in [0, 0.1) is 0 Å². The summed E-state index contributed by atoms with van der Waals surface area (Å²) in [6.07, 6.45) is -0.701. The second-order valence-corrected chi connectivity index (χ2v) is 5.57. The molecule has 5 nitrogen and oxygen atoms in total. The monoisotopic (exact) mass is 280 g/mol. The second kappa shape index (κ2) is 5.94. The highest BCUT2D eigenvalue weighted by Gasteiger charge is 2.36. The molecule has 110 valence electrons. The Morgan fingerprint density at radius 1 is 1.30 bits per heavy atom. The first-order valence-corrected chi connectivity index (χ1v) is 6.26. The van der Waals surface area contributed by atoms with E-state index in [-0.39, 0.29) is 13.3 Å². The maximum Gasteiger partial charge on any atom is 0.408 e. The number of carboxylic acid groups (broad SMARTS) is 1. The summed E-state index contributed by atoms with van der Waals surface area (Å²) in [6.45, 7) is 4.50. The predicted molar refractivity (Wildman–Crippen MR) is 75.6 cm³/mol. The summed E-state index contributed by atoms with van der Waals surface area (Å²) in [7, 11) is 0. The van der Waals surface area contributed by atoms with Crippen LogP contribution in [0.5, 0.6) is 0 Å². The number of benzene rings is 1. The van der Waals surface area contributed by atoms with Gasteiger partial charge >= 0.3 is 12.1 Å². The number of amides is 1. The zero-order valence-electron chi connectivity index (χ0n) is 13.0. The molecule has 0 saturated carbocycles. The summed E-state index contributed by atoms with van der Waals surface area (Å²) in [4.78, 5) is 23.3. The van der Waals surface area contributed by atoms with Gasteiger partial charge in [0.15, 0.2) is 0 Å². The number of nitrogens with one attached hydrogen (secondary N) is 1. The third-order valence-electron chi connectivity index (χ3n) is 2.62. The maximum atomic E-state index is 11.8. The highest BCUT2D eigenvalue weighted by Crippen LogP contribution is 2.15. The minimum absolute atomic E-state index is 0.108. The second-order valence-electron chi connectivity index (χ2n) is 5.57. The summed E-state index contributed by atoms with van der Waals surface area (Å²) >= 11 is 0. The van der Waals surface area contributed by atoms with Gasteiger partial charge in [0.1, 0.15) is 11.1 Å². The number of hydrogen-bond donors (Lipinski definition) is 2. The van der Waals surface area contributed by atoms with Crippen LogP contribution in [0.2, 0.25) is 0 Å². The van der Waals surface area contributed by atoms with E-state index < -0.39 is 23.2 Å². The first kappa shape index (κ1) is 14.4. The lowest BCUT2D eigenvalue weighted by atomic mass is 9.93. The Balaban J connectivity index is 2.82. The van der Waals surface area contributed by atoms with Crippen LogP contribution in [0.25, 0.3) is 0 Å². The smallest absolute Gasteiger partial charge is 0.408 e. The van der Waals surface area contributed by atoms with Gasteiger partial charge in [-0.05, 0) is 33.2 Å². The molecule has 0 aromatic heterocycles. The Kier molecular flexibility index (Phi) is 4.27. The van der Waals surface area contributed by atoms with Gasteiger partial charge in [0.25, 0.3) is 0 Å². The van der Waals surface area contributed by atoms with Gasteiger partial charge in [-0.1, -0.05) is 30.3 Å². The molecule has 0 spiro atoms. The highest BCUT2D eigenvalue weighted by molar-refractivity contribution is 5.84. The lowest BCUT2D eigenvalue weighted by molar-refractivity contribution is -0.144. The van der Waals surface area contributed by atoms with E-state index in [1.165, 1.54) is 6.92 Å². The zero-order chi connectivity index (χ0) is 16.1. The van der Waals surface area contributed by atoms with Crippen LogP contribution in [-0.2, 0) is 16.0 Å². The molecule has 1 atom stereocenters. The Hall–Kier alpha value is -2.04. The van der Waals surface area contributed by atoms with E-state index in [2.05, 4.69) is 5.32 Å². The molecule has 20 heavy (non-hydrogen) atoms. The molecule has 0 saturated heterocycles. The van der Waals surface area contributed by atoms with Crippen LogP contribution in [0.3, 0.4) is 0 Å². The molecule has 1 rings (SSSR count). The van der Waals surface area contributed by atoms with E-state index in [9.17, 15) is 14.7 Å². The first-order chi connectivity index (χ1) is 9.68. The third kappa shape index (κ3) is 4.91. The van der Waals surface area contributed by atoms with Crippen LogP contribution in [0.1, 0.15) is 34.6 Å². The SMILES string of the molecule is [2H]CC(C)(C)OC(=O)N[C@@](C)(Cc1ccccc1)C(=O)O. The van der Waals surface area contributed by atoms with Gasteiger partial charge in [-0.25, -0.2) is 9.59 Å². The fraction of sp³-hybridized carbons (Fsp3) is 0.467. The molecule has 0 fully saturated rings. The maximum absolute atomic E-state index is 11.8. The standard InChI is InChI=1S/C15H21NO4/c1-14(2,3)20-13(19)16-15(4,12(17)18)10-11-8-6-5-7-9-11/h5-9H,10H2,1-4H3,(H,16,19)(H,17,18)/t15-/m0/s1/i1D. The largest absolute Gasteiger partial charge is 0.480 e. The van der Waals surface area contributed by atoms with Crippen molar-refractivity contribution in [3.8, 4) is 0 Å². The molecule has 0 aliphatic heterocycles. The molecular formula is C15H21NO4. The number of hydrogen-bond acceptors (Lipinski definition) is 3. The van der Waals surface area contributed by atoms with E-state index in [1.807, 2.05) is 6.07 Å². The molecule has 1 aromatic rings. The summed E-state index contributed by atoms with van der Waals surface area (Å²) in [5, 5.41) is 11.8. The van der Waals surface area contributed by atoms with Crippen molar-refractivity contribution < 1.29 is 20.8 Å². The minimum Gasteiger partial charge on any atom is -0.480 e. The average molecular weight is 280 g/mol.